The Morgan fingerprint density at radius 2 is 2.00 bits per heavy atom. The van der Waals surface area contributed by atoms with E-state index in [2.05, 4.69) is 0 Å². The molecule has 0 heterocycles. The maximum absolute atomic E-state index is 12.8. The summed E-state index contributed by atoms with van der Waals surface area (Å²) in [7, 11) is -4.61. The average molecular weight is 240 g/mol. The maximum Gasteiger partial charge on any atom is 0.305 e. The fraction of sp³-hybridized carbons (Fsp3) is 0.778. The third-order valence-corrected chi connectivity index (χ3v) is 3.73. The van der Waals surface area contributed by atoms with E-state index in [0.717, 1.165) is 6.26 Å². The predicted octanol–water partition coefficient (Wildman–Crippen LogP) is 1.52. The molecule has 0 aromatic carbocycles. The molecule has 4 nitrogen and oxygen atoms in total. The highest BCUT2D eigenvalue weighted by molar-refractivity contribution is 7.87. The molecule has 0 radical (unpaired) electrons. The first-order valence-corrected chi connectivity index (χ1v) is 6.21. The molecule has 0 aromatic heterocycles. The van der Waals surface area contributed by atoms with Gasteiger partial charge in [-0.2, -0.15) is 8.42 Å². The van der Waals surface area contributed by atoms with Gasteiger partial charge in [-0.05, 0) is 25.2 Å². The number of rotatable bonds is 7. The number of hydrogen-bond acceptors (Lipinski definition) is 4. The van der Waals surface area contributed by atoms with E-state index in [-0.39, 0.29) is 18.9 Å². The van der Waals surface area contributed by atoms with Crippen molar-refractivity contribution in [3.8, 4) is 0 Å². The zero-order chi connectivity index (χ0) is 11.9. The number of halogens is 1. The topological polar surface area (TPSA) is 74.6 Å². The molecule has 0 aromatic rings. The quantitative estimate of drug-likeness (QED) is 0.522. The van der Waals surface area contributed by atoms with Crippen LogP contribution in [0.4, 0.5) is 3.89 Å². The molecule has 0 amide bonds. The van der Waals surface area contributed by atoms with Crippen molar-refractivity contribution >= 4 is 10.2 Å². The third-order valence-electron chi connectivity index (χ3n) is 2.30. The van der Waals surface area contributed by atoms with Gasteiger partial charge in [-0.15, -0.1) is 3.89 Å². The van der Waals surface area contributed by atoms with E-state index >= 15 is 0 Å². The Balaban J connectivity index is 4.36. The van der Waals surface area contributed by atoms with Gasteiger partial charge in [-0.3, -0.25) is 0 Å². The summed E-state index contributed by atoms with van der Waals surface area (Å²) in [6.07, 6.45) is 3.18. The van der Waals surface area contributed by atoms with Crippen molar-refractivity contribution in [2.75, 3.05) is 6.61 Å². The molecule has 0 spiro atoms. The summed E-state index contributed by atoms with van der Waals surface area (Å²) in [5.41, 5.74) is 0. The second kappa shape index (κ2) is 6.79. The lowest BCUT2D eigenvalue weighted by atomic mass is 9.99. The van der Waals surface area contributed by atoms with Gasteiger partial charge in [0, 0.05) is 6.61 Å². The molecule has 0 saturated heterocycles. The molecular formula is C9H17FO4S. The first-order chi connectivity index (χ1) is 6.93. The van der Waals surface area contributed by atoms with E-state index in [1.165, 1.54) is 6.08 Å². The molecule has 0 aliphatic carbocycles. The molecule has 15 heavy (non-hydrogen) atoms. The van der Waals surface area contributed by atoms with Crippen LogP contribution in [0.25, 0.3) is 0 Å². The van der Waals surface area contributed by atoms with Gasteiger partial charge in [0.05, 0.1) is 11.5 Å². The molecule has 0 saturated carbocycles. The fourth-order valence-electron chi connectivity index (χ4n) is 1.45. The molecule has 2 atom stereocenters. The number of allylic oxidation sites excluding steroid dienone is 1. The van der Waals surface area contributed by atoms with E-state index in [0.29, 0.717) is 12.8 Å². The Labute approximate surface area is 89.6 Å². The van der Waals surface area contributed by atoms with Crippen molar-refractivity contribution < 1.29 is 22.5 Å². The Morgan fingerprint density at radius 1 is 1.40 bits per heavy atom. The minimum atomic E-state index is -4.61. The summed E-state index contributed by atoms with van der Waals surface area (Å²) < 4.78 is 34.3. The minimum absolute atomic E-state index is 0.0944. The summed E-state index contributed by atoms with van der Waals surface area (Å²) in [5, 5.41) is 15.8. The lowest BCUT2D eigenvalue weighted by Crippen LogP contribution is -2.26. The van der Waals surface area contributed by atoms with Gasteiger partial charge >= 0.3 is 10.2 Å². The maximum atomic E-state index is 12.8. The van der Waals surface area contributed by atoms with E-state index in [1.54, 1.807) is 6.92 Å². The molecule has 0 aliphatic rings. The van der Waals surface area contributed by atoms with Crippen LogP contribution in [0.2, 0.25) is 0 Å². The van der Waals surface area contributed by atoms with Crippen LogP contribution >= 0.6 is 0 Å². The molecule has 6 heteroatoms. The zero-order valence-corrected chi connectivity index (χ0v) is 9.45. The van der Waals surface area contributed by atoms with Crippen LogP contribution in [0.3, 0.4) is 0 Å². The zero-order valence-electron chi connectivity index (χ0n) is 8.63. The minimum Gasteiger partial charge on any atom is -0.516 e. The first-order valence-electron chi connectivity index (χ1n) is 4.77. The Bertz CT molecular complexity index is 286. The lowest BCUT2D eigenvalue weighted by molar-refractivity contribution is 0.270. The molecular weight excluding hydrogens is 223 g/mol. The molecule has 0 aliphatic heterocycles. The number of aliphatic hydroxyl groups excluding tert-OH is 2. The molecule has 90 valence electrons. The van der Waals surface area contributed by atoms with E-state index in [9.17, 15) is 12.3 Å². The summed E-state index contributed by atoms with van der Waals surface area (Å²) in [6.45, 7) is 1.26. The van der Waals surface area contributed by atoms with Gasteiger partial charge in [-0.1, -0.05) is 13.0 Å². The molecule has 0 bridgehead atoms. The first kappa shape index (κ1) is 14.4. The molecule has 2 unspecified atom stereocenters. The summed E-state index contributed by atoms with van der Waals surface area (Å²) in [4.78, 5) is 0. The number of aliphatic hydroxyl groups is 2. The Hall–Kier alpha value is -0.620. The van der Waals surface area contributed by atoms with Crippen LogP contribution < -0.4 is 0 Å². The van der Waals surface area contributed by atoms with Crippen LogP contribution in [-0.2, 0) is 10.2 Å². The Kier molecular flexibility index (Phi) is 6.51. The molecule has 2 N–H and O–H groups in total. The molecule has 0 rings (SSSR count). The van der Waals surface area contributed by atoms with Gasteiger partial charge in [-0.25, -0.2) is 0 Å². The average Bonchev–Trinajstić information content (AvgIpc) is 2.12. The highest BCUT2D eigenvalue weighted by Crippen LogP contribution is 2.22. The molecule has 0 fully saturated rings. The second-order valence-corrected chi connectivity index (χ2v) is 5.02. The SMILES string of the molecule is CC(CCC=CO)C(CCO)S(=O)(=O)F. The van der Waals surface area contributed by atoms with Gasteiger partial charge in [0.15, 0.2) is 0 Å². The van der Waals surface area contributed by atoms with Crippen molar-refractivity contribution in [1.82, 2.24) is 0 Å². The van der Waals surface area contributed by atoms with Gasteiger partial charge in [0.25, 0.3) is 0 Å². The summed E-state index contributed by atoms with van der Waals surface area (Å²) in [6, 6.07) is 0. The Morgan fingerprint density at radius 3 is 2.40 bits per heavy atom. The van der Waals surface area contributed by atoms with Crippen LogP contribution in [0.1, 0.15) is 26.2 Å². The smallest absolute Gasteiger partial charge is 0.305 e. The van der Waals surface area contributed by atoms with E-state index in [4.69, 9.17) is 10.2 Å². The lowest BCUT2D eigenvalue weighted by Gasteiger charge is -2.18. The van der Waals surface area contributed by atoms with Crippen molar-refractivity contribution in [1.29, 1.82) is 0 Å². The van der Waals surface area contributed by atoms with E-state index < -0.39 is 15.5 Å². The second-order valence-electron chi connectivity index (χ2n) is 3.47. The van der Waals surface area contributed by atoms with Crippen LogP contribution in [-0.4, -0.2) is 30.5 Å². The highest BCUT2D eigenvalue weighted by atomic mass is 32.3. The summed E-state index contributed by atoms with van der Waals surface area (Å²) in [5.74, 6) is -0.386. The third kappa shape index (κ3) is 5.74. The highest BCUT2D eigenvalue weighted by Gasteiger charge is 2.29. The number of hydrogen-bond donors (Lipinski definition) is 2. The van der Waals surface area contributed by atoms with Crippen molar-refractivity contribution in [2.45, 2.75) is 31.4 Å². The fourth-order valence-corrected chi connectivity index (χ4v) is 2.53. The van der Waals surface area contributed by atoms with Gasteiger partial charge in [0.2, 0.25) is 0 Å². The van der Waals surface area contributed by atoms with E-state index in [1.807, 2.05) is 0 Å². The monoisotopic (exact) mass is 240 g/mol. The van der Waals surface area contributed by atoms with Crippen LogP contribution in [0, 0.1) is 5.92 Å². The standard InChI is InChI=1S/C9H17FO4S/c1-8(4-2-3-6-11)9(5-7-12)15(10,13)14/h3,6,8-9,11-12H,2,4-5,7H2,1H3. The normalized spacial score (nSPS) is 16.7. The van der Waals surface area contributed by atoms with Crippen molar-refractivity contribution in [3.63, 3.8) is 0 Å². The largest absolute Gasteiger partial charge is 0.516 e. The van der Waals surface area contributed by atoms with Gasteiger partial charge < -0.3 is 10.2 Å². The van der Waals surface area contributed by atoms with Crippen molar-refractivity contribution in [2.24, 2.45) is 5.92 Å². The van der Waals surface area contributed by atoms with Crippen LogP contribution in [0.15, 0.2) is 12.3 Å². The van der Waals surface area contributed by atoms with Crippen molar-refractivity contribution in [3.05, 3.63) is 12.3 Å². The summed E-state index contributed by atoms with van der Waals surface area (Å²) >= 11 is 0. The predicted molar refractivity (Wildman–Crippen MR) is 55.7 cm³/mol. The van der Waals surface area contributed by atoms with Gasteiger partial charge in [0.1, 0.15) is 0 Å². The van der Waals surface area contributed by atoms with Crippen LogP contribution in [0.5, 0.6) is 0 Å².